The van der Waals surface area contributed by atoms with Crippen LogP contribution in [0.3, 0.4) is 0 Å². The van der Waals surface area contributed by atoms with Gasteiger partial charge in [-0.25, -0.2) is 4.99 Å². The highest BCUT2D eigenvalue weighted by Crippen LogP contribution is 2.36. The molecule has 0 aromatic heterocycles. The number of aliphatic imine (C=N–C) groups is 2. The van der Waals surface area contributed by atoms with Crippen LogP contribution in [0.4, 0.5) is 0 Å². The Morgan fingerprint density at radius 1 is 1.60 bits per heavy atom. The summed E-state index contributed by atoms with van der Waals surface area (Å²) >= 11 is 5.03. The minimum absolute atomic E-state index is 0.637. The molecule has 0 spiro atoms. The molecule has 2 aliphatic rings. The number of amidine groups is 1. The Kier molecular flexibility index (Phi) is 1.67. The molecular formula is C4H3N3S3. The van der Waals surface area contributed by atoms with E-state index in [0.717, 1.165) is 9.49 Å². The zero-order valence-corrected chi connectivity index (χ0v) is 7.30. The second-order valence-electron chi connectivity index (χ2n) is 1.71. The molecule has 2 heterocycles. The van der Waals surface area contributed by atoms with Crippen LogP contribution in [0.1, 0.15) is 0 Å². The van der Waals surface area contributed by atoms with E-state index in [9.17, 15) is 0 Å². The predicted octanol–water partition coefficient (Wildman–Crippen LogP) is 1.32. The second-order valence-corrected chi connectivity index (χ2v) is 4.44. The van der Waals surface area contributed by atoms with Crippen molar-refractivity contribution in [2.24, 2.45) is 9.98 Å². The number of rotatable bonds is 0. The fourth-order valence-electron chi connectivity index (χ4n) is 0.659. The van der Waals surface area contributed by atoms with Crippen molar-refractivity contribution in [1.29, 1.82) is 0 Å². The van der Waals surface area contributed by atoms with Crippen LogP contribution in [0.2, 0.25) is 0 Å². The Morgan fingerprint density at radius 3 is 3.30 bits per heavy atom. The molecule has 0 aromatic rings. The molecule has 2 rings (SSSR count). The lowest BCUT2D eigenvalue weighted by Crippen LogP contribution is -2.29. The topological polar surface area (TPSA) is 28.0 Å². The van der Waals surface area contributed by atoms with E-state index < -0.39 is 0 Å². The molecule has 0 atom stereocenters. The third-order valence-corrected chi connectivity index (χ3v) is 3.99. The normalized spacial score (nSPS) is 23.0. The number of nitrogens with zero attached hydrogens (tertiary/aromatic N) is 3. The van der Waals surface area contributed by atoms with Crippen molar-refractivity contribution in [2.45, 2.75) is 0 Å². The smallest absolute Gasteiger partial charge is 0.183 e. The predicted molar refractivity (Wildman–Crippen MR) is 50.4 cm³/mol. The number of hydrogen-bond donors (Lipinski definition) is 0. The average molecular weight is 189 g/mol. The van der Waals surface area contributed by atoms with E-state index in [2.05, 4.69) is 9.98 Å². The van der Waals surface area contributed by atoms with E-state index >= 15 is 0 Å². The van der Waals surface area contributed by atoms with Gasteiger partial charge in [0.1, 0.15) is 13.0 Å². The summed E-state index contributed by atoms with van der Waals surface area (Å²) in [5, 5.41) is 0.963. The zero-order chi connectivity index (χ0) is 6.97. The Morgan fingerprint density at radius 2 is 2.50 bits per heavy atom. The van der Waals surface area contributed by atoms with Crippen molar-refractivity contribution in [3.05, 3.63) is 0 Å². The molecule has 0 amide bonds. The first-order valence-corrected chi connectivity index (χ1v) is 5.16. The van der Waals surface area contributed by atoms with E-state index in [1.54, 1.807) is 27.9 Å². The molecule has 1 fully saturated rings. The minimum Gasteiger partial charge on any atom is -0.284 e. The van der Waals surface area contributed by atoms with Gasteiger partial charge in [-0.1, -0.05) is 12.2 Å². The van der Waals surface area contributed by atoms with E-state index in [1.807, 2.05) is 4.90 Å². The molecule has 52 valence electrons. The molecule has 0 bridgehead atoms. The molecular weight excluding hydrogens is 186 g/mol. The van der Waals surface area contributed by atoms with Gasteiger partial charge in [-0.15, -0.1) is 0 Å². The summed E-state index contributed by atoms with van der Waals surface area (Å²) in [6.45, 7) is 0.637. The van der Waals surface area contributed by atoms with Gasteiger partial charge < -0.3 is 0 Å². The van der Waals surface area contributed by atoms with Gasteiger partial charge in [-0.3, -0.25) is 9.89 Å². The maximum atomic E-state index is 5.03. The van der Waals surface area contributed by atoms with Gasteiger partial charge in [0.15, 0.2) is 9.49 Å². The lowest BCUT2D eigenvalue weighted by molar-refractivity contribution is 0.655. The molecule has 1 saturated heterocycles. The zero-order valence-electron chi connectivity index (χ0n) is 4.85. The second kappa shape index (κ2) is 2.52. The Labute approximate surface area is 71.4 Å². The van der Waals surface area contributed by atoms with Gasteiger partial charge in [0.2, 0.25) is 0 Å². The van der Waals surface area contributed by atoms with Crippen LogP contribution in [0, 0.1) is 0 Å². The molecule has 10 heavy (non-hydrogen) atoms. The molecule has 2 aliphatic heterocycles. The van der Waals surface area contributed by atoms with Crippen LogP contribution in [0.5, 0.6) is 0 Å². The third kappa shape index (κ3) is 0.959. The molecule has 0 unspecified atom stereocenters. The standard InChI is InChI=1S/C4H3N3S3/c8-4-7-2-5-1-6-3(7)9-10-4/h1H,2H2. The summed E-state index contributed by atoms with van der Waals surface area (Å²) in [5.41, 5.74) is 0. The highest BCUT2D eigenvalue weighted by Gasteiger charge is 2.26. The molecule has 0 aliphatic carbocycles. The number of fused-ring (bicyclic) bond motifs is 1. The first-order valence-electron chi connectivity index (χ1n) is 2.60. The van der Waals surface area contributed by atoms with Crippen molar-refractivity contribution in [3.8, 4) is 0 Å². The lowest BCUT2D eigenvalue weighted by Gasteiger charge is -2.14. The molecule has 0 saturated carbocycles. The van der Waals surface area contributed by atoms with Crippen molar-refractivity contribution < 1.29 is 0 Å². The summed E-state index contributed by atoms with van der Waals surface area (Å²) in [5.74, 6) is 0. The van der Waals surface area contributed by atoms with E-state index in [-0.39, 0.29) is 0 Å². The summed E-state index contributed by atoms with van der Waals surface area (Å²) in [7, 11) is 3.16. The molecule has 0 N–H and O–H groups in total. The van der Waals surface area contributed by atoms with Gasteiger partial charge in [0, 0.05) is 0 Å². The lowest BCUT2D eigenvalue weighted by atomic mass is 10.8. The Bertz CT molecular complexity index is 234. The Balaban J connectivity index is 2.31. The van der Waals surface area contributed by atoms with Gasteiger partial charge in [0.05, 0.1) is 0 Å². The molecule has 6 heteroatoms. The molecule has 0 radical (unpaired) electrons. The SMILES string of the molecule is S=C1SSC2=NC=NCN12. The van der Waals surface area contributed by atoms with Crippen LogP contribution in [-0.4, -0.2) is 27.4 Å². The first kappa shape index (κ1) is 6.63. The fourth-order valence-corrected chi connectivity index (χ4v) is 3.04. The maximum absolute atomic E-state index is 5.03. The summed E-state index contributed by atoms with van der Waals surface area (Å²) in [4.78, 5) is 9.94. The fraction of sp³-hybridized carbons (Fsp3) is 0.250. The largest absolute Gasteiger partial charge is 0.284 e. The van der Waals surface area contributed by atoms with Crippen LogP contribution >= 0.6 is 33.8 Å². The first-order chi connectivity index (χ1) is 4.88. The summed E-state index contributed by atoms with van der Waals surface area (Å²) in [6.07, 6.45) is 1.58. The molecule has 0 aromatic carbocycles. The van der Waals surface area contributed by atoms with Crippen LogP contribution in [0.25, 0.3) is 0 Å². The summed E-state index contributed by atoms with van der Waals surface area (Å²) < 4.78 is 0.862. The van der Waals surface area contributed by atoms with Crippen molar-refractivity contribution >= 4 is 49.6 Å². The highest BCUT2D eigenvalue weighted by molar-refractivity contribution is 8.89. The maximum Gasteiger partial charge on any atom is 0.183 e. The van der Waals surface area contributed by atoms with Gasteiger partial charge >= 0.3 is 0 Å². The summed E-state index contributed by atoms with van der Waals surface area (Å²) in [6, 6.07) is 0. The highest BCUT2D eigenvalue weighted by atomic mass is 33.1. The van der Waals surface area contributed by atoms with Crippen molar-refractivity contribution in [3.63, 3.8) is 0 Å². The number of thiocarbonyl (C=S) groups is 1. The average Bonchev–Trinajstić information content (AvgIpc) is 2.34. The van der Waals surface area contributed by atoms with E-state index in [0.29, 0.717) is 6.67 Å². The van der Waals surface area contributed by atoms with Crippen molar-refractivity contribution in [1.82, 2.24) is 4.90 Å². The minimum atomic E-state index is 0.637. The van der Waals surface area contributed by atoms with Crippen LogP contribution < -0.4 is 0 Å². The third-order valence-electron chi connectivity index (χ3n) is 1.11. The van der Waals surface area contributed by atoms with Gasteiger partial charge in [-0.05, 0) is 21.6 Å². The van der Waals surface area contributed by atoms with Gasteiger partial charge in [0.25, 0.3) is 0 Å². The van der Waals surface area contributed by atoms with E-state index in [1.165, 1.54) is 0 Å². The number of hydrogen-bond acceptors (Lipinski definition) is 5. The van der Waals surface area contributed by atoms with Gasteiger partial charge in [-0.2, -0.15) is 0 Å². The van der Waals surface area contributed by atoms with Crippen LogP contribution in [-0.2, 0) is 0 Å². The molecule has 3 nitrogen and oxygen atoms in total. The van der Waals surface area contributed by atoms with E-state index in [4.69, 9.17) is 12.2 Å². The van der Waals surface area contributed by atoms with Crippen molar-refractivity contribution in [2.75, 3.05) is 6.67 Å². The monoisotopic (exact) mass is 189 g/mol. The Hall–Kier alpha value is -0.0700. The quantitative estimate of drug-likeness (QED) is 0.424. The van der Waals surface area contributed by atoms with Crippen LogP contribution in [0.15, 0.2) is 9.98 Å².